The number of rotatable bonds is 3. The minimum Gasteiger partial charge on any atom is -0.350 e. The number of benzene rings is 1. The second kappa shape index (κ2) is 7.22. The molecule has 22 heavy (non-hydrogen) atoms. The number of carbonyl (C=O) groups excluding carboxylic acids is 3. The first-order valence-corrected chi connectivity index (χ1v) is 6.81. The van der Waals surface area contributed by atoms with Crippen LogP contribution in [0.2, 0.25) is 5.02 Å². The van der Waals surface area contributed by atoms with Crippen LogP contribution in [0, 0.1) is 5.82 Å². The molecule has 0 aliphatic carbocycles. The number of halogens is 2. The maximum absolute atomic E-state index is 13.0. The Kier molecular flexibility index (Phi) is 5.87. The van der Waals surface area contributed by atoms with Crippen LogP contribution in [0.25, 0.3) is 0 Å². The Morgan fingerprint density at radius 3 is 2.41 bits per heavy atom. The molecule has 0 aromatic heterocycles. The average molecular weight is 330 g/mol. The van der Waals surface area contributed by atoms with Crippen molar-refractivity contribution in [1.29, 1.82) is 0 Å². The van der Waals surface area contributed by atoms with Gasteiger partial charge in [-0.05, 0) is 39.0 Å². The maximum atomic E-state index is 13.0. The first-order chi connectivity index (χ1) is 10.1. The Morgan fingerprint density at radius 2 is 1.82 bits per heavy atom. The van der Waals surface area contributed by atoms with E-state index in [1.165, 1.54) is 6.07 Å². The zero-order valence-corrected chi connectivity index (χ0v) is 13.2. The van der Waals surface area contributed by atoms with Gasteiger partial charge in [0, 0.05) is 5.54 Å². The molecule has 0 fully saturated rings. The second-order valence-corrected chi connectivity index (χ2v) is 5.97. The molecular weight excluding hydrogens is 313 g/mol. The summed E-state index contributed by atoms with van der Waals surface area (Å²) in [6.45, 7) is 5.00. The smallest absolute Gasteiger partial charge is 0.313 e. The van der Waals surface area contributed by atoms with Crippen molar-refractivity contribution in [3.8, 4) is 0 Å². The zero-order chi connectivity index (χ0) is 16.9. The van der Waals surface area contributed by atoms with Crippen LogP contribution in [0.5, 0.6) is 0 Å². The molecule has 8 heteroatoms. The summed E-state index contributed by atoms with van der Waals surface area (Å²) in [5.41, 5.74) is -0.472. The molecule has 0 aliphatic heterocycles. The van der Waals surface area contributed by atoms with Crippen LogP contribution in [0.3, 0.4) is 0 Å². The molecule has 3 N–H and O–H groups in total. The van der Waals surface area contributed by atoms with Gasteiger partial charge < -0.3 is 16.0 Å². The monoisotopic (exact) mass is 329 g/mol. The van der Waals surface area contributed by atoms with Gasteiger partial charge in [-0.2, -0.15) is 0 Å². The summed E-state index contributed by atoms with van der Waals surface area (Å²) in [5.74, 6) is -3.11. The molecule has 0 bridgehead atoms. The molecule has 6 nitrogen and oxygen atoms in total. The Hall–Kier alpha value is -2.15. The van der Waals surface area contributed by atoms with Gasteiger partial charge in [-0.1, -0.05) is 11.6 Å². The van der Waals surface area contributed by atoms with Gasteiger partial charge in [0.1, 0.15) is 5.82 Å². The van der Waals surface area contributed by atoms with Gasteiger partial charge in [-0.3, -0.25) is 14.4 Å². The summed E-state index contributed by atoms with van der Waals surface area (Å²) in [6, 6.07) is 3.36. The molecule has 0 saturated carbocycles. The molecule has 1 rings (SSSR count). The van der Waals surface area contributed by atoms with E-state index in [0.717, 1.165) is 12.1 Å². The third-order valence-electron chi connectivity index (χ3n) is 2.31. The molecule has 1 aromatic carbocycles. The van der Waals surface area contributed by atoms with Gasteiger partial charge in [0.05, 0.1) is 17.3 Å². The maximum Gasteiger partial charge on any atom is 0.313 e. The van der Waals surface area contributed by atoms with E-state index in [9.17, 15) is 18.8 Å². The second-order valence-electron chi connectivity index (χ2n) is 5.56. The molecule has 0 radical (unpaired) electrons. The highest BCUT2D eigenvalue weighted by Crippen LogP contribution is 2.22. The third kappa shape index (κ3) is 6.09. The SMILES string of the molecule is CC(C)(C)NC(=O)CNC(=O)C(=O)Nc1cc(F)ccc1Cl. The van der Waals surface area contributed by atoms with Crippen molar-refractivity contribution in [1.82, 2.24) is 10.6 Å². The van der Waals surface area contributed by atoms with E-state index in [1.54, 1.807) is 20.8 Å². The van der Waals surface area contributed by atoms with Gasteiger partial charge in [-0.25, -0.2) is 4.39 Å². The van der Waals surface area contributed by atoms with E-state index in [2.05, 4.69) is 16.0 Å². The Balaban J connectivity index is 2.54. The summed E-state index contributed by atoms with van der Waals surface area (Å²) in [5, 5.41) is 7.04. The first kappa shape index (κ1) is 17.9. The van der Waals surface area contributed by atoms with Gasteiger partial charge in [0.15, 0.2) is 0 Å². The molecule has 0 aliphatic rings. The number of carbonyl (C=O) groups is 3. The van der Waals surface area contributed by atoms with Crippen LogP contribution >= 0.6 is 11.6 Å². The Labute approximate surface area is 132 Å². The van der Waals surface area contributed by atoms with Gasteiger partial charge in [0.2, 0.25) is 5.91 Å². The largest absolute Gasteiger partial charge is 0.350 e. The van der Waals surface area contributed by atoms with E-state index < -0.39 is 29.1 Å². The lowest BCUT2D eigenvalue weighted by Crippen LogP contribution is -2.47. The van der Waals surface area contributed by atoms with Crippen molar-refractivity contribution in [3.63, 3.8) is 0 Å². The fraction of sp³-hybridized carbons (Fsp3) is 0.357. The average Bonchev–Trinajstić information content (AvgIpc) is 2.38. The fourth-order valence-electron chi connectivity index (χ4n) is 1.48. The molecule has 1 aromatic rings. The van der Waals surface area contributed by atoms with Crippen molar-refractivity contribution in [2.45, 2.75) is 26.3 Å². The predicted octanol–water partition coefficient (Wildman–Crippen LogP) is 1.45. The van der Waals surface area contributed by atoms with Crippen LogP contribution in [0.4, 0.5) is 10.1 Å². The molecule has 0 unspecified atom stereocenters. The quantitative estimate of drug-likeness (QED) is 0.733. The third-order valence-corrected chi connectivity index (χ3v) is 2.64. The summed E-state index contributed by atoms with van der Waals surface area (Å²) >= 11 is 5.77. The predicted molar refractivity (Wildman–Crippen MR) is 80.9 cm³/mol. The van der Waals surface area contributed by atoms with Crippen molar-refractivity contribution in [2.75, 3.05) is 11.9 Å². The summed E-state index contributed by atoms with van der Waals surface area (Å²) in [7, 11) is 0. The van der Waals surface area contributed by atoms with Crippen LogP contribution in [-0.4, -0.2) is 29.8 Å². The molecule has 3 amide bonds. The lowest BCUT2D eigenvalue weighted by atomic mass is 10.1. The van der Waals surface area contributed by atoms with Crippen molar-refractivity contribution >= 4 is 35.0 Å². The van der Waals surface area contributed by atoms with E-state index >= 15 is 0 Å². The Bertz CT molecular complexity index is 599. The molecule has 0 spiro atoms. The van der Waals surface area contributed by atoms with E-state index in [-0.39, 0.29) is 17.3 Å². The molecule has 0 heterocycles. The van der Waals surface area contributed by atoms with Crippen LogP contribution in [0.15, 0.2) is 18.2 Å². The molecule has 0 saturated heterocycles. The van der Waals surface area contributed by atoms with E-state index in [1.807, 2.05) is 0 Å². The topological polar surface area (TPSA) is 87.3 Å². The first-order valence-electron chi connectivity index (χ1n) is 6.44. The highest BCUT2D eigenvalue weighted by atomic mass is 35.5. The van der Waals surface area contributed by atoms with Gasteiger partial charge >= 0.3 is 11.8 Å². The zero-order valence-electron chi connectivity index (χ0n) is 12.4. The van der Waals surface area contributed by atoms with E-state index in [4.69, 9.17) is 11.6 Å². The lowest BCUT2D eigenvalue weighted by molar-refractivity contribution is -0.137. The molecule has 0 atom stereocenters. The minimum atomic E-state index is -1.05. The van der Waals surface area contributed by atoms with Crippen molar-refractivity contribution < 1.29 is 18.8 Å². The standard InChI is InChI=1S/C14H17ClFN3O3/c1-14(2,3)19-11(20)7-17-12(21)13(22)18-10-6-8(16)4-5-9(10)15/h4-6H,7H2,1-3H3,(H,17,21)(H,18,22)(H,19,20). The number of amides is 3. The number of hydrogen-bond donors (Lipinski definition) is 3. The number of anilines is 1. The van der Waals surface area contributed by atoms with Crippen molar-refractivity contribution in [3.05, 3.63) is 29.0 Å². The van der Waals surface area contributed by atoms with Gasteiger partial charge in [0.25, 0.3) is 0 Å². The number of nitrogens with one attached hydrogen (secondary N) is 3. The summed E-state index contributed by atoms with van der Waals surface area (Å²) < 4.78 is 13.0. The highest BCUT2D eigenvalue weighted by Gasteiger charge is 2.18. The molecule has 120 valence electrons. The van der Waals surface area contributed by atoms with Crippen LogP contribution in [-0.2, 0) is 14.4 Å². The van der Waals surface area contributed by atoms with Crippen LogP contribution in [0.1, 0.15) is 20.8 Å². The Morgan fingerprint density at radius 1 is 1.18 bits per heavy atom. The van der Waals surface area contributed by atoms with Crippen molar-refractivity contribution in [2.24, 2.45) is 0 Å². The molecular formula is C14H17ClFN3O3. The number of hydrogen-bond acceptors (Lipinski definition) is 3. The van der Waals surface area contributed by atoms with Crippen LogP contribution < -0.4 is 16.0 Å². The summed E-state index contributed by atoms with van der Waals surface area (Å²) in [6.07, 6.45) is 0. The minimum absolute atomic E-state index is 0.0269. The normalized spacial score (nSPS) is 10.8. The van der Waals surface area contributed by atoms with E-state index in [0.29, 0.717) is 0 Å². The highest BCUT2D eigenvalue weighted by molar-refractivity contribution is 6.41. The fourth-order valence-corrected chi connectivity index (χ4v) is 1.64. The lowest BCUT2D eigenvalue weighted by Gasteiger charge is -2.20. The summed E-state index contributed by atoms with van der Waals surface area (Å²) in [4.78, 5) is 34.7. The van der Waals surface area contributed by atoms with Gasteiger partial charge in [-0.15, -0.1) is 0 Å².